The normalized spacial score (nSPS) is 14.2. The average Bonchev–Trinajstić information content (AvgIpc) is 2.94. The first-order valence-corrected chi connectivity index (χ1v) is 13.1. The number of rotatable bonds is 13. The lowest BCUT2D eigenvalue weighted by Crippen LogP contribution is -2.41. The van der Waals surface area contributed by atoms with Gasteiger partial charge in [-0.1, -0.05) is 42.5 Å². The van der Waals surface area contributed by atoms with Gasteiger partial charge in [-0.2, -0.15) is 0 Å². The topological polar surface area (TPSA) is 83.1 Å². The van der Waals surface area contributed by atoms with Crippen LogP contribution in [0.4, 0.5) is 15.8 Å². The summed E-state index contributed by atoms with van der Waals surface area (Å²) in [7, 11) is 0. The van der Waals surface area contributed by atoms with E-state index < -0.39 is 12.1 Å². The Morgan fingerprint density at radius 2 is 1.92 bits per heavy atom. The number of hydrogen-bond acceptors (Lipinski definition) is 6. The minimum atomic E-state index is -0.651. The number of carbonyl (C=O) groups is 1. The summed E-state index contributed by atoms with van der Waals surface area (Å²) in [5.74, 6) is 0.0700. The standard InChI is InChI=1S/C30H36FN3O4/c1-2-37-29(30(36)33-26(21-35)23-7-4-3-5-8-23)19-22-9-12-25(13-10-22)32-15-6-16-34-17-18-38-28-20-24(31)11-14-27(28)34/h3-5,7-14,20,26,29,32,35H,2,6,15-19,21H2,1H3,(H,33,36)/t26?,29-/m0/s1. The first-order valence-electron chi connectivity index (χ1n) is 13.1. The molecule has 202 valence electrons. The molecule has 38 heavy (non-hydrogen) atoms. The number of hydrogen-bond donors (Lipinski definition) is 3. The van der Waals surface area contributed by atoms with Crippen LogP contribution in [0.15, 0.2) is 72.8 Å². The van der Waals surface area contributed by atoms with E-state index in [4.69, 9.17) is 9.47 Å². The number of nitrogens with one attached hydrogen (secondary N) is 2. The highest BCUT2D eigenvalue weighted by atomic mass is 19.1. The van der Waals surface area contributed by atoms with Crippen molar-refractivity contribution in [3.05, 3.63) is 89.7 Å². The lowest BCUT2D eigenvalue weighted by Gasteiger charge is -2.31. The number of halogens is 1. The molecule has 0 aliphatic carbocycles. The van der Waals surface area contributed by atoms with Gasteiger partial charge in [0.15, 0.2) is 0 Å². The Labute approximate surface area is 223 Å². The quantitative estimate of drug-likeness (QED) is 0.291. The Balaban J connectivity index is 1.25. The Bertz CT molecular complexity index is 1160. The maximum atomic E-state index is 13.5. The van der Waals surface area contributed by atoms with Gasteiger partial charge < -0.3 is 30.1 Å². The van der Waals surface area contributed by atoms with Gasteiger partial charge in [0.25, 0.3) is 0 Å². The summed E-state index contributed by atoms with van der Waals surface area (Å²) in [6.45, 7) is 5.06. The zero-order valence-electron chi connectivity index (χ0n) is 21.7. The first kappa shape index (κ1) is 27.4. The van der Waals surface area contributed by atoms with Crippen LogP contribution in [-0.2, 0) is 16.0 Å². The number of anilines is 2. The molecule has 2 atom stereocenters. The molecule has 4 rings (SSSR count). The summed E-state index contributed by atoms with van der Waals surface area (Å²) < 4.78 is 24.8. The number of amides is 1. The van der Waals surface area contributed by atoms with E-state index >= 15 is 0 Å². The molecule has 8 heteroatoms. The van der Waals surface area contributed by atoms with Crippen molar-refractivity contribution in [2.45, 2.75) is 31.9 Å². The van der Waals surface area contributed by atoms with Gasteiger partial charge in [0.2, 0.25) is 5.91 Å². The zero-order chi connectivity index (χ0) is 26.7. The molecule has 3 aromatic rings. The third kappa shape index (κ3) is 7.46. The molecular weight excluding hydrogens is 485 g/mol. The van der Waals surface area contributed by atoms with Gasteiger partial charge in [-0.25, -0.2) is 4.39 Å². The highest BCUT2D eigenvalue weighted by Gasteiger charge is 2.23. The van der Waals surface area contributed by atoms with Crippen LogP contribution in [-0.4, -0.2) is 56.6 Å². The molecule has 0 spiro atoms. The number of aliphatic hydroxyl groups excluding tert-OH is 1. The summed E-state index contributed by atoms with van der Waals surface area (Å²) >= 11 is 0. The maximum Gasteiger partial charge on any atom is 0.250 e. The fourth-order valence-electron chi connectivity index (χ4n) is 4.57. The number of nitrogens with zero attached hydrogens (tertiary/aromatic N) is 1. The number of ether oxygens (including phenoxy) is 2. The Hall–Kier alpha value is -3.62. The molecule has 0 saturated heterocycles. The molecule has 0 bridgehead atoms. The summed E-state index contributed by atoms with van der Waals surface area (Å²) in [5.41, 5.74) is 3.77. The lowest BCUT2D eigenvalue weighted by molar-refractivity contribution is -0.133. The van der Waals surface area contributed by atoms with Crippen LogP contribution < -0.4 is 20.3 Å². The second-order valence-corrected chi connectivity index (χ2v) is 9.23. The number of benzene rings is 3. The van der Waals surface area contributed by atoms with E-state index in [2.05, 4.69) is 15.5 Å². The van der Waals surface area contributed by atoms with E-state index in [9.17, 15) is 14.3 Å². The van der Waals surface area contributed by atoms with E-state index in [1.54, 1.807) is 6.07 Å². The van der Waals surface area contributed by atoms with E-state index in [0.717, 1.165) is 48.6 Å². The van der Waals surface area contributed by atoms with Gasteiger partial charge in [-0.3, -0.25) is 4.79 Å². The summed E-state index contributed by atoms with van der Waals surface area (Å²) in [6.07, 6.45) is 0.698. The van der Waals surface area contributed by atoms with Gasteiger partial charge in [0.05, 0.1) is 24.9 Å². The molecule has 0 fully saturated rings. The molecule has 7 nitrogen and oxygen atoms in total. The second kappa shape index (κ2) is 13.8. The van der Waals surface area contributed by atoms with Crippen molar-refractivity contribution in [2.75, 3.05) is 49.7 Å². The van der Waals surface area contributed by atoms with Crippen molar-refractivity contribution in [1.29, 1.82) is 0 Å². The van der Waals surface area contributed by atoms with Gasteiger partial charge in [-0.05, 0) is 48.7 Å². The van der Waals surface area contributed by atoms with E-state index in [1.165, 1.54) is 12.1 Å². The maximum absolute atomic E-state index is 13.5. The molecule has 0 aromatic heterocycles. The van der Waals surface area contributed by atoms with Crippen LogP contribution in [0.1, 0.15) is 30.5 Å². The zero-order valence-corrected chi connectivity index (χ0v) is 21.7. The van der Waals surface area contributed by atoms with Crippen LogP contribution >= 0.6 is 0 Å². The van der Waals surface area contributed by atoms with E-state index in [0.29, 0.717) is 25.4 Å². The molecule has 0 saturated carbocycles. The van der Waals surface area contributed by atoms with E-state index in [-0.39, 0.29) is 18.3 Å². The molecule has 0 radical (unpaired) electrons. The SMILES string of the molecule is CCO[C@@H](Cc1ccc(NCCCN2CCOc3cc(F)ccc32)cc1)C(=O)NC(CO)c1ccccc1. The van der Waals surface area contributed by atoms with Gasteiger partial charge in [-0.15, -0.1) is 0 Å². The van der Waals surface area contributed by atoms with Crippen molar-refractivity contribution in [3.8, 4) is 5.75 Å². The lowest BCUT2D eigenvalue weighted by atomic mass is 10.0. The molecule has 3 aromatic carbocycles. The summed E-state index contributed by atoms with van der Waals surface area (Å²) in [4.78, 5) is 15.2. The summed E-state index contributed by atoms with van der Waals surface area (Å²) in [5, 5.41) is 16.1. The molecular formula is C30H36FN3O4. The predicted octanol–water partition coefficient (Wildman–Crippen LogP) is 4.32. The van der Waals surface area contributed by atoms with Gasteiger partial charge >= 0.3 is 0 Å². The molecule has 1 unspecified atom stereocenters. The van der Waals surface area contributed by atoms with Gasteiger partial charge in [0, 0.05) is 37.9 Å². The predicted molar refractivity (Wildman–Crippen MR) is 147 cm³/mol. The third-order valence-electron chi connectivity index (χ3n) is 6.55. The number of aliphatic hydroxyl groups is 1. The monoisotopic (exact) mass is 521 g/mol. The van der Waals surface area contributed by atoms with Crippen LogP contribution in [0.25, 0.3) is 0 Å². The second-order valence-electron chi connectivity index (χ2n) is 9.23. The molecule has 1 aliphatic heterocycles. The fraction of sp³-hybridized carbons (Fsp3) is 0.367. The fourth-order valence-corrected chi connectivity index (χ4v) is 4.57. The Morgan fingerprint density at radius 3 is 2.66 bits per heavy atom. The van der Waals surface area contributed by atoms with Crippen molar-refractivity contribution in [2.24, 2.45) is 0 Å². The largest absolute Gasteiger partial charge is 0.489 e. The Kier molecular flexibility index (Phi) is 9.95. The van der Waals surface area contributed by atoms with Crippen LogP contribution in [0, 0.1) is 5.82 Å². The first-order chi connectivity index (χ1) is 18.6. The van der Waals surface area contributed by atoms with Crippen LogP contribution in [0.3, 0.4) is 0 Å². The van der Waals surface area contributed by atoms with Crippen LogP contribution in [0.2, 0.25) is 0 Å². The average molecular weight is 522 g/mol. The smallest absolute Gasteiger partial charge is 0.250 e. The van der Waals surface area contributed by atoms with Gasteiger partial charge in [0.1, 0.15) is 24.3 Å². The number of fused-ring (bicyclic) bond motifs is 1. The highest BCUT2D eigenvalue weighted by Crippen LogP contribution is 2.32. The Morgan fingerprint density at radius 1 is 1.13 bits per heavy atom. The minimum absolute atomic E-state index is 0.189. The van der Waals surface area contributed by atoms with Crippen molar-refractivity contribution < 1.29 is 23.8 Å². The minimum Gasteiger partial charge on any atom is -0.489 e. The molecule has 3 N–H and O–H groups in total. The van der Waals surface area contributed by atoms with E-state index in [1.807, 2.05) is 61.5 Å². The van der Waals surface area contributed by atoms with Crippen molar-refractivity contribution in [1.82, 2.24) is 5.32 Å². The highest BCUT2D eigenvalue weighted by molar-refractivity contribution is 5.81. The molecule has 1 amide bonds. The number of carbonyl (C=O) groups excluding carboxylic acids is 1. The summed E-state index contributed by atoms with van der Waals surface area (Å²) in [6, 6.07) is 21.6. The molecule has 1 heterocycles. The van der Waals surface area contributed by atoms with Crippen molar-refractivity contribution >= 4 is 17.3 Å². The van der Waals surface area contributed by atoms with Crippen molar-refractivity contribution in [3.63, 3.8) is 0 Å². The third-order valence-corrected chi connectivity index (χ3v) is 6.55. The van der Waals surface area contributed by atoms with Crippen LogP contribution in [0.5, 0.6) is 5.75 Å². The molecule has 1 aliphatic rings.